The predicted octanol–water partition coefficient (Wildman–Crippen LogP) is 3.98. The van der Waals surface area contributed by atoms with E-state index in [1.807, 2.05) is 30.3 Å². The Morgan fingerprint density at radius 2 is 1.68 bits per heavy atom. The zero-order chi connectivity index (χ0) is 18.2. The molecule has 0 fully saturated rings. The van der Waals surface area contributed by atoms with E-state index in [4.69, 9.17) is 15.8 Å². The molecule has 0 saturated carbocycles. The lowest BCUT2D eigenvalue weighted by atomic mass is 10.2. The van der Waals surface area contributed by atoms with Crippen LogP contribution in [0.4, 0.5) is 11.4 Å². The molecule has 0 saturated heterocycles. The Kier molecular flexibility index (Phi) is 5.73. The molecule has 0 bridgehead atoms. The summed E-state index contributed by atoms with van der Waals surface area (Å²) in [5.74, 6) is 0. The molecule has 7 nitrogen and oxygen atoms in total. The van der Waals surface area contributed by atoms with Crippen LogP contribution in [0.2, 0.25) is 0 Å². The number of allylic oxidation sites excluding steroid dienone is 2. The van der Waals surface area contributed by atoms with Gasteiger partial charge in [0.05, 0.1) is 4.92 Å². The van der Waals surface area contributed by atoms with Crippen LogP contribution in [0.5, 0.6) is 0 Å². The fourth-order valence-corrected chi connectivity index (χ4v) is 2.76. The SMILES string of the molecule is N#CC(C#N)=C(C#N)Nc1cc(Sc2ccccc2)ccc1[N+](=O)[O-]. The van der Waals surface area contributed by atoms with Gasteiger partial charge in [0, 0.05) is 15.9 Å². The molecule has 0 heterocycles. The first-order chi connectivity index (χ1) is 12.1. The molecule has 0 radical (unpaired) electrons. The highest BCUT2D eigenvalue weighted by molar-refractivity contribution is 7.99. The van der Waals surface area contributed by atoms with E-state index < -0.39 is 10.5 Å². The summed E-state index contributed by atoms with van der Waals surface area (Å²) < 4.78 is 0. The van der Waals surface area contributed by atoms with Crippen LogP contribution in [0.3, 0.4) is 0 Å². The quantitative estimate of drug-likeness (QED) is 0.492. The van der Waals surface area contributed by atoms with E-state index in [9.17, 15) is 10.1 Å². The fourth-order valence-electron chi connectivity index (χ4n) is 1.88. The first kappa shape index (κ1) is 17.6. The van der Waals surface area contributed by atoms with Gasteiger partial charge in [-0.25, -0.2) is 0 Å². The smallest absolute Gasteiger partial charge is 0.292 e. The number of anilines is 1. The highest BCUT2D eigenvalue weighted by atomic mass is 32.2. The second kappa shape index (κ2) is 8.16. The van der Waals surface area contributed by atoms with E-state index in [0.717, 1.165) is 4.90 Å². The van der Waals surface area contributed by atoms with Crippen LogP contribution in [-0.4, -0.2) is 4.92 Å². The molecule has 2 aromatic carbocycles. The van der Waals surface area contributed by atoms with Gasteiger partial charge in [-0.3, -0.25) is 10.1 Å². The molecular formula is C17H9N5O2S. The Balaban J connectivity index is 2.45. The van der Waals surface area contributed by atoms with Crippen LogP contribution in [-0.2, 0) is 0 Å². The van der Waals surface area contributed by atoms with Crippen LogP contribution in [0, 0.1) is 44.1 Å². The summed E-state index contributed by atoms with van der Waals surface area (Å²) in [7, 11) is 0. The molecule has 0 spiro atoms. The molecule has 1 N–H and O–H groups in total. The number of rotatable bonds is 5. The maximum Gasteiger partial charge on any atom is 0.292 e. The Morgan fingerprint density at radius 3 is 2.24 bits per heavy atom. The highest BCUT2D eigenvalue weighted by Crippen LogP contribution is 2.34. The highest BCUT2D eigenvalue weighted by Gasteiger charge is 2.17. The van der Waals surface area contributed by atoms with Crippen molar-refractivity contribution < 1.29 is 4.92 Å². The van der Waals surface area contributed by atoms with Gasteiger partial charge in [-0.2, -0.15) is 15.8 Å². The van der Waals surface area contributed by atoms with E-state index in [1.54, 1.807) is 24.3 Å². The number of hydrogen-bond donors (Lipinski definition) is 1. The molecular weight excluding hydrogens is 338 g/mol. The van der Waals surface area contributed by atoms with Crippen molar-refractivity contribution >= 4 is 23.1 Å². The number of hydrogen-bond acceptors (Lipinski definition) is 7. The van der Waals surface area contributed by atoms with Gasteiger partial charge in [0.2, 0.25) is 0 Å². The minimum absolute atomic E-state index is 0.0329. The standard InChI is InChI=1S/C17H9N5O2S/c18-9-12(10-19)16(11-20)21-15-8-14(6-7-17(15)22(23)24)25-13-4-2-1-3-5-13/h1-8,21H. The topological polar surface area (TPSA) is 127 Å². The maximum atomic E-state index is 11.2. The fraction of sp³-hybridized carbons (Fsp3) is 0. The first-order valence-electron chi connectivity index (χ1n) is 6.82. The van der Waals surface area contributed by atoms with Gasteiger partial charge in [0.25, 0.3) is 5.69 Å². The van der Waals surface area contributed by atoms with Crippen LogP contribution >= 0.6 is 11.8 Å². The Morgan fingerprint density at radius 1 is 1.00 bits per heavy atom. The zero-order valence-corrected chi connectivity index (χ0v) is 13.4. The summed E-state index contributed by atoms with van der Waals surface area (Å²) in [5, 5.41) is 40.6. The maximum absolute atomic E-state index is 11.2. The van der Waals surface area contributed by atoms with E-state index in [2.05, 4.69) is 5.32 Å². The van der Waals surface area contributed by atoms with Crippen molar-refractivity contribution in [2.24, 2.45) is 0 Å². The predicted molar refractivity (Wildman–Crippen MR) is 91.1 cm³/mol. The van der Waals surface area contributed by atoms with Crippen molar-refractivity contribution in [2.45, 2.75) is 9.79 Å². The molecule has 120 valence electrons. The number of nitro groups is 1. The third kappa shape index (κ3) is 4.35. The van der Waals surface area contributed by atoms with Gasteiger partial charge in [-0.15, -0.1) is 0 Å². The monoisotopic (exact) mass is 347 g/mol. The average Bonchev–Trinajstić information content (AvgIpc) is 2.62. The van der Waals surface area contributed by atoms with Crippen LogP contribution in [0.15, 0.2) is 69.6 Å². The van der Waals surface area contributed by atoms with Gasteiger partial charge >= 0.3 is 0 Å². The second-order valence-corrected chi connectivity index (χ2v) is 5.71. The zero-order valence-electron chi connectivity index (χ0n) is 12.6. The Bertz CT molecular complexity index is 949. The minimum Gasteiger partial charge on any atom is -0.339 e. The molecule has 25 heavy (non-hydrogen) atoms. The third-order valence-electron chi connectivity index (χ3n) is 2.99. The molecule has 2 rings (SSSR count). The summed E-state index contributed by atoms with van der Waals surface area (Å²) in [5.41, 5.74) is -1.02. The van der Waals surface area contributed by atoms with Crippen molar-refractivity contribution in [1.82, 2.24) is 0 Å². The van der Waals surface area contributed by atoms with Crippen LogP contribution in [0.1, 0.15) is 0 Å². The molecule has 0 aliphatic rings. The summed E-state index contributed by atoms with van der Waals surface area (Å²) in [6.45, 7) is 0. The Labute approximate surface area is 147 Å². The van der Waals surface area contributed by atoms with Gasteiger partial charge in [0.1, 0.15) is 29.6 Å². The number of nitro benzene ring substituents is 1. The van der Waals surface area contributed by atoms with Crippen LogP contribution in [0.25, 0.3) is 0 Å². The molecule has 0 aliphatic heterocycles. The number of nitrogens with one attached hydrogen (secondary N) is 1. The minimum atomic E-state index is -0.604. The lowest BCUT2D eigenvalue weighted by molar-refractivity contribution is -0.384. The van der Waals surface area contributed by atoms with Crippen molar-refractivity contribution in [3.05, 3.63) is 69.9 Å². The van der Waals surface area contributed by atoms with Gasteiger partial charge in [-0.05, 0) is 24.3 Å². The van der Waals surface area contributed by atoms with Crippen LogP contribution < -0.4 is 5.32 Å². The molecule has 0 aliphatic carbocycles. The average molecular weight is 347 g/mol. The van der Waals surface area contributed by atoms with E-state index in [-0.39, 0.29) is 17.1 Å². The number of nitriles is 3. The third-order valence-corrected chi connectivity index (χ3v) is 3.99. The van der Waals surface area contributed by atoms with E-state index >= 15 is 0 Å². The van der Waals surface area contributed by atoms with Gasteiger partial charge in [0.15, 0.2) is 5.57 Å². The molecule has 0 amide bonds. The largest absolute Gasteiger partial charge is 0.339 e. The van der Waals surface area contributed by atoms with Gasteiger partial charge < -0.3 is 5.32 Å². The summed E-state index contributed by atoms with van der Waals surface area (Å²) in [6, 6.07) is 18.6. The van der Waals surface area contributed by atoms with Crippen molar-refractivity contribution in [3.63, 3.8) is 0 Å². The summed E-state index contributed by atoms with van der Waals surface area (Å²) >= 11 is 1.39. The van der Waals surface area contributed by atoms with Crippen molar-refractivity contribution in [3.8, 4) is 18.2 Å². The van der Waals surface area contributed by atoms with Gasteiger partial charge in [-0.1, -0.05) is 30.0 Å². The number of benzene rings is 2. The molecule has 8 heteroatoms. The Hall–Kier alpha value is -3.80. The lowest BCUT2D eigenvalue weighted by Crippen LogP contribution is -2.03. The summed E-state index contributed by atoms with van der Waals surface area (Å²) in [6.07, 6.45) is 0. The van der Waals surface area contributed by atoms with E-state index in [0.29, 0.717) is 4.90 Å². The second-order valence-electron chi connectivity index (χ2n) is 4.56. The van der Waals surface area contributed by atoms with E-state index in [1.165, 1.54) is 23.9 Å². The number of nitrogens with zero attached hydrogens (tertiary/aromatic N) is 4. The van der Waals surface area contributed by atoms with Crippen molar-refractivity contribution in [1.29, 1.82) is 15.8 Å². The molecule has 0 aromatic heterocycles. The lowest BCUT2D eigenvalue weighted by Gasteiger charge is -2.08. The first-order valence-corrected chi connectivity index (χ1v) is 7.63. The molecule has 0 unspecified atom stereocenters. The normalized spacial score (nSPS) is 9.16. The summed E-state index contributed by atoms with van der Waals surface area (Å²) in [4.78, 5) is 12.2. The molecule has 2 aromatic rings. The molecule has 0 atom stereocenters. The van der Waals surface area contributed by atoms with Crippen molar-refractivity contribution in [2.75, 3.05) is 5.32 Å².